The van der Waals surface area contributed by atoms with Crippen LogP contribution in [0.4, 0.5) is 0 Å². The molecule has 2 atom stereocenters. The monoisotopic (exact) mass is 276 g/mol. The molecule has 1 amide bonds. The van der Waals surface area contributed by atoms with Crippen LogP contribution in [0.2, 0.25) is 0 Å². The number of hydrogen-bond donors (Lipinski definition) is 1. The van der Waals surface area contributed by atoms with E-state index in [1.807, 2.05) is 37.1 Å². The van der Waals surface area contributed by atoms with Gasteiger partial charge in [-0.25, -0.2) is 0 Å². The van der Waals surface area contributed by atoms with Gasteiger partial charge in [0.25, 0.3) is 0 Å². The van der Waals surface area contributed by atoms with E-state index in [0.29, 0.717) is 6.54 Å². The number of hydrogen-bond acceptors (Lipinski definition) is 3. The minimum atomic E-state index is -0.111. The topological polar surface area (TPSA) is 46.3 Å². The average molecular weight is 277 g/mol. The first-order valence-electron chi connectivity index (χ1n) is 5.63. The van der Waals surface area contributed by atoms with E-state index in [0.717, 1.165) is 6.54 Å². The molecule has 0 aromatic carbocycles. The summed E-state index contributed by atoms with van der Waals surface area (Å²) in [6, 6.07) is 3.97. The minimum Gasteiger partial charge on any atom is -0.338 e. The van der Waals surface area contributed by atoms with E-state index in [9.17, 15) is 4.79 Å². The third kappa shape index (κ3) is 4.66. The van der Waals surface area contributed by atoms with Crippen LogP contribution in [-0.4, -0.2) is 23.4 Å². The van der Waals surface area contributed by atoms with Gasteiger partial charge in [0.1, 0.15) is 0 Å². The quantitative estimate of drug-likeness (QED) is 0.898. The summed E-state index contributed by atoms with van der Waals surface area (Å²) in [5.74, 6) is 0.0332. The van der Waals surface area contributed by atoms with Gasteiger partial charge < -0.3 is 10.6 Å². The maximum absolute atomic E-state index is 12.1. The number of halogens is 1. The average Bonchev–Trinajstić information content (AvgIpc) is 2.76. The van der Waals surface area contributed by atoms with Crippen molar-refractivity contribution in [2.45, 2.75) is 33.4 Å². The van der Waals surface area contributed by atoms with Crippen molar-refractivity contribution in [3.8, 4) is 0 Å². The standard InChI is InChI=1S/C12H20N2OS.ClH/c1-4-14(8-11-6-5-7-16-11)12(15)9(2)10(3)13;/h5-7,9-10H,4,8,13H2,1-3H3;1H. The Balaban J connectivity index is 0.00000256. The van der Waals surface area contributed by atoms with Crippen LogP contribution in [0.3, 0.4) is 0 Å². The van der Waals surface area contributed by atoms with Gasteiger partial charge in [-0.05, 0) is 25.3 Å². The Hall–Kier alpha value is -0.580. The molecule has 0 saturated heterocycles. The van der Waals surface area contributed by atoms with Crippen molar-refractivity contribution in [2.75, 3.05) is 6.54 Å². The molecule has 2 unspecified atom stereocenters. The molecule has 3 nitrogen and oxygen atoms in total. The van der Waals surface area contributed by atoms with E-state index in [1.165, 1.54) is 4.88 Å². The fourth-order valence-corrected chi connectivity index (χ4v) is 2.17. The Morgan fingerprint density at radius 3 is 2.59 bits per heavy atom. The molecule has 0 radical (unpaired) electrons. The Bertz CT molecular complexity index is 327. The van der Waals surface area contributed by atoms with Gasteiger partial charge in [0, 0.05) is 17.5 Å². The second-order valence-corrected chi connectivity index (χ2v) is 5.11. The zero-order chi connectivity index (χ0) is 12.1. The van der Waals surface area contributed by atoms with Crippen molar-refractivity contribution in [1.29, 1.82) is 0 Å². The number of rotatable bonds is 5. The van der Waals surface area contributed by atoms with Gasteiger partial charge >= 0.3 is 0 Å². The molecule has 0 bridgehead atoms. The lowest BCUT2D eigenvalue weighted by atomic mass is 10.0. The number of carbonyl (C=O) groups excluding carboxylic acids is 1. The minimum absolute atomic E-state index is 0. The lowest BCUT2D eigenvalue weighted by Crippen LogP contribution is -2.41. The van der Waals surface area contributed by atoms with Crippen molar-refractivity contribution < 1.29 is 4.79 Å². The molecule has 0 aliphatic carbocycles. The fourth-order valence-electron chi connectivity index (χ4n) is 1.45. The third-order valence-corrected chi connectivity index (χ3v) is 3.66. The molecule has 0 fully saturated rings. The van der Waals surface area contributed by atoms with Crippen LogP contribution < -0.4 is 5.73 Å². The summed E-state index contributed by atoms with van der Waals surface area (Å²) in [5, 5.41) is 2.03. The first kappa shape index (κ1) is 16.4. The highest BCUT2D eigenvalue weighted by molar-refractivity contribution is 7.09. The lowest BCUT2D eigenvalue weighted by Gasteiger charge is -2.25. The van der Waals surface area contributed by atoms with Crippen molar-refractivity contribution in [2.24, 2.45) is 11.7 Å². The molecule has 0 spiro atoms. The zero-order valence-electron chi connectivity index (χ0n) is 10.6. The Morgan fingerprint density at radius 1 is 1.53 bits per heavy atom. The number of nitrogens with zero attached hydrogens (tertiary/aromatic N) is 1. The SMILES string of the molecule is CCN(Cc1cccs1)C(=O)C(C)C(C)N.Cl. The van der Waals surface area contributed by atoms with Crippen LogP contribution in [0.1, 0.15) is 25.6 Å². The molecule has 1 aromatic heterocycles. The van der Waals surface area contributed by atoms with Gasteiger partial charge in [-0.3, -0.25) is 4.79 Å². The number of carbonyl (C=O) groups is 1. The normalized spacial score (nSPS) is 13.6. The number of thiophene rings is 1. The predicted molar refractivity (Wildman–Crippen MR) is 75.5 cm³/mol. The lowest BCUT2D eigenvalue weighted by molar-refractivity contribution is -0.135. The van der Waals surface area contributed by atoms with Crippen LogP contribution in [-0.2, 0) is 11.3 Å². The molecule has 1 aromatic rings. The van der Waals surface area contributed by atoms with E-state index >= 15 is 0 Å². The second kappa shape index (κ2) is 7.69. The summed E-state index contributed by atoms with van der Waals surface area (Å²) in [5.41, 5.74) is 5.76. The summed E-state index contributed by atoms with van der Waals surface area (Å²) < 4.78 is 0. The van der Waals surface area contributed by atoms with Crippen LogP contribution in [0.25, 0.3) is 0 Å². The van der Waals surface area contributed by atoms with E-state index < -0.39 is 0 Å². The van der Waals surface area contributed by atoms with Gasteiger partial charge in [-0.15, -0.1) is 23.7 Å². The van der Waals surface area contributed by atoms with E-state index in [2.05, 4.69) is 6.07 Å². The van der Waals surface area contributed by atoms with Gasteiger partial charge in [-0.2, -0.15) is 0 Å². The molecular weight excluding hydrogens is 256 g/mol. The van der Waals surface area contributed by atoms with Crippen molar-refractivity contribution in [3.63, 3.8) is 0 Å². The van der Waals surface area contributed by atoms with E-state index in [1.54, 1.807) is 11.3 Å². The molecule has 2 N–H and O–H groups in total. The fraction of sp³-hybridized carbons (Fsp3) is 0.583. The van der Waals surface area contributed by atoms with Crippen molar-refractivity contribution >= 4 is 29.7 Å². The predicted octanol–water partition coefficient (Wildman–Crippen LogP) is 2.50. The largest absolute Gasteiger partial charge is 0.338 e. The van der Waals surface area contributed by atoms with Gasteiger partial charge in [0.2, 0.25) is 5.91 Å². The molecule has 0 aliphatic heterocycles. The summed E-state index contributed by atoms with van der Waals surface area (Å²) in [7, 11) is 0. The summed E-state index contributed by atoms with van der Waals surface area (Å²) >= 11 is 1.68. The highest BCUT2D eigenvalue weighted by Gasteiger charge is 2.22. The molecule has 98 valence electrons. The van der Waals surface area contributed by atoms with Crippen LogP contribution in [0, 0.1) is 5.92 Å². The molecule has 1 rings (SSSR count). The highest BCUT2D eigenvalue weighted by Crippen LogP contribution is 2.14. The second-order valence-electron chi connectivity index (χ2n) is 4.08. The zero-order valence-corrected chi connectivity index (χ0v) is 12.2. The van der Waals surface area contributed by atoms with Crippen molar-refractivity contribution in [1.82, 2.24) is 4.90 Å². The molecule has 1 heterocycles. The first-order valence-corrected chi connectivity index (χ1v) is 6.51. The third-order valence-electron chi connectivity index (χ3n) is 2.80. The Morgan fingerprint density at radius 2 is 2.18 bits per heavy atom. The van der Waals surface area contributed by atoms with E-state index in [-0.39, 0.29) is 30.3 Å². The maximum atomic E-state index is 12.1. The number of nitrogens with two attached hydrogens (primary N) is 1. The Kier molecular flexibility index (Phi) is 7.43. The summed E-state index contributed by atoms with van der Waals surface area (Å²) in [4.78, 5) is 15.2. The Labute approximate surface area is 113 Å². The summed E-state index contributed by atoms with van der Waals surface area (Å²) in [6.45, 7) is 7.20. The maximum Gasteiger partial charge on any atom is 0.227 e. The van der Waals surface area contributed by atoms with Gasteiger partial charge in [-0.1, -0.05) is 13.0 Å². The highest BCUT2D eigenvalue weighted by atomic mass is 35.5. The molecule has 5 heteroatoms. The van der Waals surface area contributed by atoms with Crippen LogP contribution in [0.5, 0.6) is 0 Å². The molecule has 0 aliphatic rings. The molecular formula is C12H21ClN2OS. The van der Waals surface area contributed by atoms with Gasteiger partial charge in [0.15, 0.2) is 0 Å². The summed E-state index contributed by atoms with van der Waals surface area (Å²) in [6.07, 6.45) is 0. The number of amides is 1. The molecule has 17 heavy (non-hydrogen) atoms. The molecule has 0 saturated carbocycles. The van der Waals surface area contributed by atoms with Crippen LogP contribution in [0.15, 0.2) is 17.5 Å². The van der Waals surface area contributed by atoms with E-state index in [4.69, 9.17) is 5.73 Å². The van der Waals surface area contributed by atoms with Crippen molar-refractivity contribution in [3.05, 3.63) is 22.4 Å². The first-order chi connectivity index (χ1) is 7.56. The van der Waals surface area contributed by atoms with Crippen LogP contribution >= 0.6 is 23.7 Å². The van der Waals surface area contributed by atoms with Gasteiger partial charge in [0.05, 0.1) is 12.5 Å². The smallest absolute Gasteiger partial charge is 0.227 e.